The number of carbonyl (C=O) groups is 1. The molecule has 4 rings (SSSR count). The van der Waals surface area contributed by atoms with Gasteiger partial charge in [0, 0.05) is 42.8 Å². The summed E-state index contributed by atoms with van der Waals surface area (Å²) in [5, 5.41) is 3.55. The third-order valence-electron chi connectivity index (χ3n) is 5.10. The van der Waals surface area contributed by atoms with Gasteiger partial charge in [-0.05, 0) is 31.5 Å². The number of aromatic nitrogens is 4. The van der Waals surface area contributed by atoms with E-state index in [9.17, 15) is 22.8 Å². The summed E-state index contributed by atoms with van der Waals surface area (Å²) in [5.74, 6) is -0.280. The van der Waals surface area contributed by atoms with Crippen molar-refractivity contribution in [1.82, 2.24) is 24.6 Å². The number of amides is 1. The molecule has 1 fully saturated rings. The van der Waals surface area contributed by atoms with E-state index in [2.05, 4.69) is 15.1 Å². The first-order valence-electron chi connectivity index (χ1n) is 9.09. The molecule has 0 bridgehead atoms. The standard InChI is InChI=1S/C19H18F3N5O2/c1-11-7-13(19(20,21)22)17-15(24-11)8-14(25-18(17)29)12-3-6-26(9-12)16(28)10-27-5-2-4-23-27/h2,4-5,7-8,12H,3,6,9-10H2,1H3,(H,25,29)/t12-/m1/s1. The van der Waals surface area contributed by atoms with Crippen LogP contribution < -0.4 is 5.56 Å². The number of carbonyl (C=O) groups excluding carboxylic acids is 1. The van der Waals surface area contributed by atoms with Crippen LogP contribution in [0.15, 0.2) is 35.4 Å². The van der Waals surface area contributed by atoms with Gasteiger partial charge in [-0.15, -0.1) is 0 Å². The highest BCUT2D eigenvalue weighted by molar-refractivity contribution is 5.82. The first kappa shape index (κ1) is 19.2. The zero-order chi connectivity index (χ0) is 20.8. The van der Waals surface area contributed by atoms with Crippen LogP contribution in [-0.2, 0) is 17.5 Å². The fraction of sp³-hybridized carbons (Fsp3) is 0.368. The lowest BCUT2D eigenvalue weighted by Gasteiger charge is -2.17. The van der Waals surface area contributed by atoms with Crippen LogP contribution in [0.3, 0.4) is 0 Å². The van der Waals surface area contributed by atoms with Crippen LogP contribution in [0.1, 0.15) is 29.3 Å². The molecule has 7 nitrogen and oxygen atoms in total. The maximum absolute atomic E-state index is 13.3. The zero-order valence-corrected chi connectivity index (χ0v) is 15.5. The summed E-state index contributed by atoms with van der Waals surface area (Å²) >= 11 is 0. The van der Waals surface area contributed by atoms with Crippen molar-refractivity contribution in [2.45, 2.75) is 32.0 Å². The Labute approximate surface area is 163 Å². The van der Waals surface area contributed by atoms with Crippen molar-refractivity contribution in [2.75, 3.05) is 13.1 Å². The Morgan fingerprint density at radius 2 is 2.14 bits per heavy atom. The average Bonchev–Trinajstić information content (AvgIpc) is 3.31. The predicted molar refractivity (Wildman–Crippen MR) is 98.3 cm³/mol. The first-order chi connectivity index (χ1) is 13.7. The number of H-pyrrole nitrogens is 1. The predicted octanol–water partition coefficient (Wildman–Crippen LogP) is 2.46. The van der Waals surface area contributed by atoms with Crippen molar-refractivity contribution in [1.29, 1.82) is 0 Å². The van der Waals surface area contributed by atoms with E-state index in [1.165, 1.54) is 17.7 Å². The number of hydrogen-bond donors (Lipinski definition) is 1. The number of halogens is 3. The largest absolute Gasteiger partial charge is 0.417 e. The van der Waals surface area contributed by atoms with Crippen LogP contribution in [0, 0.1) is 6.92 Å². The Bertz CT molecular complexity index is 1120. The topological polar surface area (TPSA) is 83.9 Å². The summed E-state index contributed by atoms with van der Waals surface area (Å²) in [4.78, 5) is 33.3. The molecule has 3 aromatic rings. The van der Waals surface area contributed by atoms with Crippen molar-refractivity contribution < 1.29 is 18.0 Å². The quantitative estimate of drug-likeness (QED) is 0.726. The van der Waals surface area contributed by atoms with Gasteiger partial charge in [0.05, 0.1) is 16.5 Å². The van der Waals surface area contributed by atoms with Crippen molar-refractivity contribution >= 4 is 16.8 Å². The number of pyridine rings is 2. The number of likely N-dealkylation sites (tertiary alicyclic amines) is 1. The molecule has 29 heavy (non-hydrogen) atoms. The summed E-state index contributed by atoms with van der Waals surface area (Å²) in [7, 11) is 0. The third kappa shape index (κ3) is 3.74. The molecule has 3 aromatic heterocycles. The van der Waals surface area contributed by atoms with E-state index in [0.29, 0.717) is 25.2 Å². The summed E-state index contributed by atoms with van der Waals surface area (Å²) in [5.41, 5.74) is -1.13. The van der Waals surface area contributed by atoms with Crippen LogP contribution in [0.2, 0.25) is 0 Å². The minimum atomic E-state index is -4.65. The van der Waals surface area contributed by atoms with Gasteiger partial charge >= 0.3 is 6.18 Å². The minimum Gasteiger partial charge on any atom is -0.340 e. The SMILES string of the molecule is Cc1cc(C(F)(F)F)c2c(=O)[nH]c([C@@H]3CCN(C(=O)Cn4cccn4)C3)cc2n1. The number of alkyl halides is 3. The molecule has 152 valence electrons. The van der Waals surface area contributed by atoms with Gasteiger partial charge in [0.1, 0.15) is 6.54 Å². The number of hydrogen-bond acceptors (Lipinski definition) is 4. The molecule has 1 aliphatic heterocycles. The molecule has 10 heteroatoms. The summed E-state index contributed by atoms with van der Waals surface area (Å²) in [6.45, 7) is 2.45. The Morgan fingerprint density at radius 3 is 2.83 bits per heavy atom. The second-order valence-electron chi connectivity index (χ2n) is 7.15. The lowest BCUT2D eigenvalue weighted by molar-refractivity contribution is -0.136. The summed E-state index contributed by atoms with van der Waals surface area (Å²) in [6, 6.07) is 4.09. The molecule has 1 aliphatic rings. The fourth-order valence-electron chi connectivity index (χ4n) is 3.73. The zero-order valence-electron chi connectivity index (χ0n) is 15.5. The Kier molecular flexibility index (Phi) is 4.64. The monoisotopic (exact) mass is 405 g/mol. The maximum atomic E-state index is 13.3. The third-order valence-corrected chi connectivity index (χ3v) is 5.10. The van der Waals surface area contributed by atoms with Gasteiger partial charge in [0.2, 0.25) is 5.91 Å². The van der Waals surface area contributed by atoms with Gasteiger partial charge in [0.25, 0.3) is 5.56 Å². The van der Waals surface area contributed by atoms with Gasteiger partial charge in [-0.25, -0.2) is 0 Å². The molecule has 1 N–H and O–H groups in total. The van der Waals surface area contributed by atoms with E-state index in [0.717, 1.165) is 6.07 Å². The van der Waals surface area contributed by atoms with Gasteiger partial charge in [-0.2, -0.15) is 18.3 Å². The van der Waals surface area contributed by atoms with Crippen molar-refractivity contribution in [2.24, 2.45) is 0 Å². The molecule has 0 spiro atoms. The molecular formula is C19H18F3N5O2. The van der Waals surface area contributed by atoms with Crippen LogP contribution in [0.4, 0.5) is 13.2 Å². The van der Waals surface area contributed by atoms with Gasteiger partial charge < -0.3 is 9.88 Å². The molecule has 0 aromatic carbocycles. The molecular weight excluding hydrogens is 387 g/mol. The minimum absolute atomic E-state index is 0.0115. The second-order valence-corrected chi connectivity index (χ2v) is 7.15. The molecule has 4 heterocycles. The number of aromatic amines is 1. The summed E-state index contributed by atoms with van der Waals surface area (Å²) < 4.78 is 41.6. The first-order valence-corrected chi connectivity index (χ1v) is 9.09. The van der Waals surface area contributed by atoms with Crippen LogP contribution in [0.5, 0.6) is 0 Å². The molecule has 0 saturated carbocycles. The Balaban J connectivity index is 1.62. The van der Waals surface area contributed by atoms with Crippen LogP contribution >= 0.6 is 0 Å². The molecule has 1 amide bonds. The van der Waals surface area contributed by atoms with E-state index in [1.807, 2.05) is 0 Å². The molecule has 0 aliphatic carbocycles. The van der Waals surface area contributed by atoms with Gasteiger partial charge in [-0.3, -0.25) is 19.3 Å². The van der Waals surface area contributed by atoms with Crippen LogP contribution in [0.25, 0.3) is 10.9 Å². The number of aryl methyl sites for hydroxylation is 1. The normalized spacial score (nSPS) is 17.2. The van der Waals surface area contributed by atoms with Gasteiger partial charge in [-0.1, -0.05) is 0 Å². The lowest BCUT2D eigenvalue weighted by atomic mass is 10.0. The van der Waals surface area contributed by atoms with E-state index in [-0.39, 0.29) is 29.6 Å². The maximum Gasteiger partial charge on any atom is 0.417 e. The fourth-order valence-corrected chi connectivity index (χ4v) is 3.73. The average molecular weight is 405 g/mol. The lowest BCUT2D eigenvalue weighted by Crippen LogP contribution is -2.32. The molecule has 1 saturated heterocycles. The highest BCUT2D eigenvalue weighted by Crippen LogP contribution is 2.34. The second kappa shape index (κ2) is 7.02. The molecule has 0 unspecified atom stereocenters. The molecule has 0 radical (unpaired) electrons. The Hall–Kier alpha value is -3.17. The highest BCUT2D eigenvalue weighted by Gasteiger charge is 2.35. The van der Waals surface area contributed by atoms with Crippen LogP contribution in [-0.4, -0.2) is 43.6 Å². The highest BCUT2D eigenvalue weighted by atomic mass is 19.4. The number of nitrogens with zero attached hydrogens (tertiary/aromatic N) is 4. The number of fused-ring (bicyclic) bond motifs is 1. The Morgan fingerprint density at radius 1 is 1.34 bits per heavy atom. The number of rotatable bonds is 3. The summed E-state index contributed by atoms with van der Waals surface area (Å²) in [6.07, 6.45) is -0.767. The van der Waals surface area contributed by atoms with Crippen molar-refractivity contribution in [3.8, 4) is 0 Å². The van der Waals surface area contributed by atoms with E-state index < -0.39 is 22.7 Å². The molecule has 1 atom stereocenters. The number of nitrogens with one attached hydrogen (secondary N) is 1. The van der Waals surface area contributed by atoms with E-state index in [1.54, 1.807) is 23.4 Å². The van der Waals surface area contributed by atoms with Crippen molar-refractivity contribution in [3.63, 3.8) is 0 Å². The smallest absolute Gasteiger partial charge is 0.340 e. The van der Waals surface area contributed by atoms with Gasteiger partial charge in [0.15, 0.2) is 0 Å². The van der Waals surface area contributed by atoms with E-state index in [4.69, 9.17) is 0 Å². The van der Waals surface area contributed by atoms with E-state index >= 15 is 0 Å². The van der Waals surface area contributed by atoms with Crippen molar-refractivity contribution in [3.05, 3.63) is 57.9 Å².